The van der Waals surface area contributed by atoms with Crippen molar-refractivity contribution in [3.8, 4) is 0 Å². The van der Waals surface area contributed by atoms with Crippen LogP contribution in [0.1, 0.15) is 0 Å². The van der Waals surface area contributed by atoms with Crippen LogP contribution in [0, 0.1) is 0 Å². The fourth-order valence-electron chi connectivity index (χ4n) is 0.430. The van der Waals surface area contributed by atoms with Gasteiger partial charge in [-0.2, -0.15) is 4.09 Å². The van der Waals surface area contributed by atoms with Crippen molar-refractivity contribution < 1.29 is 0 Å². The van der Waals surface area contributed by atoms with Gasteiger partial charge in [0.25, 0.3) is 5.56 Å². The van der Waals surface area contributed by atoms with E-state index in [1.165, 1.54) is 0 Å². The highest BCUT2D eigenvalue weighted by Gasteiger charge is 2.00. The predicted octanol–water partition coefficient (Wildman–Crippen LogP) is 0.192. The highest BCUT2D eigenvalue weighted by atomic mass is 35.5. The van der Waals surface area contributed by atoms with Crippen molar-refractivity contribution in [1.29, 1.82) is 0 Å². The summed E-state index contributed by atoms with van der Waals surface area (Å²) in [6, 6.07) is 0. The van der Waals surface area contributed by atoms with Crippen LogP contribution in [0.2, 0.25) is 5.02 Å². The lowest BCUT2D eigenvalue weighted by molar-refractivity contribution is 0.966. The third-order valence-corrected chi connectivity index (χ3v) is 1.46. The topological polar surface area (TPSA) is 54.9 Å². The smallest absolute Gasteiger partial charge is 0.311 e. The molecule has 1 heterocycles. The molecule has 1 N–H and O–H groups in total. The van der Waals surface area contributed by atoms with Crippen LogP contribution in [0.5, 0.6) is 0 Å². The third-order valence-electron chi connectivity index (χ3n) is 0.883. The zero-order valence-electron chi connectivity index (χ0n) is 4.60. The van der Waals surface area contributed by atoms with Crippen LogP contribution in [0.3, 0.4) is 0 Å². The van der Waals surface area contributed by atoms with Crippen LogP contribution < -0.4 is 11.2 Å². The molecule has 0 saturated heterocycles. The number of aromatic nitrogens is 2. The van der Waals surface area contributed by atoms with Crippen molar-refractivity contribution in [1.82, 2.24) is 9.07 Å². The van der Waals surface area contributed by atoms with E-state index >= 15 is 0 Å². The summed E-state index contributed by atoms with van der Waals surface area (Å²) in [4.78, 5) is 23.3. The number of rotatable bonds is 0. The summed E-state index contributed by atoms with van der Waals surface area (Å²) in [5, 5.41) is -0.116. The van der Waals surface area contributed by atoms with E-state index in [2.05, 4.69) is 4.98 Å². The molecule has 6 heteroatoms. The van der Waals surface area contributed by atoms with Gasteiger partial charge in [-0.3, -0.25) is 4.79 Å². The van der Waals surface area contributed by atoms with Crippen LogP contribution in [0.15, 0.2) is 15.8 Å². The van der Waals surface area contributed by atoms with E-state index in [9.17, 15) is 9.59 Å². The summed E-state index contributed by atoms with van der Waals surface area (Å²) >= 11 is 10.5. The van der Waals surface area contributed by atoms with Gasteiger partial charge in [0.15, 0.2) is 0 Å². The van der Waals surface area contributed by atoms with Gasteiger partial charge in [0.2, 0.25) is 0 Å². The van der Waals surface area contributed by atoms with Gasteiger partial charge in [0.1, 0.15) is 5.02 Å². The molecule has 0 fully saturated rings. The molecule has 0 saturated carbocycles. The lowest BCUT2D eigenvalue weighted by Crippen LogP contribution is -2.28. The van der Waals surface area contributed by atoms with Gasteiger partial charge in [-0.15, -0.1) is 0 Å². The minimum absolute atomic E-state index is 0.116. The average molecular weight is 181 g/mol. The largest absolute Gasteiger partial charge is 0.343 e. The Hall–Kier alpha value is -0.740. The second kappa shape index (κ2) is 2.48. The number of H-pyrrole nitrogens is 1. The first-order chi connectivity index (χ1) is 4.63. The molecule has 0 aliphatic carbocycles. The Bertz CT molecular complexity index is 353. The van der Waals surface area contributed by atoms with Crippen LogP contribution >= 0.6 is 23.4 Å². The summed E-state index contributed by atoms with van der Waals surface area (Å²) in [6.07, 6.45) is 1.09. The van der Waals surface area contributed by atoms with E-state index in [0.717, 1.165) is 6.20 Å². The van der Waals surface area contributed by atoms with Crippen molar-refractivity contribution in [2.75, 3.05) is 0 Å². The zero-order valence-corrected chi connectivity index (χ0v) is 6.11. The van der Waals surface area contributed by atoms with Crippen molar-refractivity contribution in [2.45, 2.75) is 0 Å². The minimum Gasteiger partial charge on any atom is -0.311 e. The molecule has 10 heavy (non-hydrogen) atoms. The van der Waals surface area contributed by atoms with E-state index < -0.39 is 11.2 Å². The maximum Gasteiger partial charge on any atom is 0.343 e. The molecule has 0 atom stereocenters. The quantitative estimate of drug-likeness (QED) is 0.621. The predicted molar refractivity (Wildman–Crippen MR) is 37.6 cm³/mol. The van der Waals surface area contributed by atoms with E-state index in [0.29, 0.717) is 4.09 Å². The Morgan fingerprint density at radius 2 is 2.10 bits per heavy atom. The maximum atomic E-state index is 10.7. The molecular formula is C4H2Cl2N2O2. The second-order valence-electron chi connectivity index (χ2n) is 1.53. The first-order valence-electron chi connectivity index (χ1n) is 2.29. The molecule has 54 valence electrons. The van der Waals surface area contributed by atoms with Gasteiger partial charge in [-0.05, 0) is 0 Å². The lowest BCUT2D eigenvalue weighted by Gasteiger charge is -1.89. The Balaban J connectivity index is 3.66. The van der Waals surface area contributed by atoms with Crippen molar-refractivity contribution in [3.05, 3.63) is 32.1 Å². The SMILES string of the molecule is O=c1[nH]cc(Cl)c(=O)n1Cl. The van der Waals surface area contributed by atoms with Crippen LogP contribution in [0.25, 0.3) is 0 Å². The van der Waals surface area contributed by atoms with Gasteiger partial charge in [0, 0.05) is 18.0 Å². The first-order valence-corrected chi connectivity index (χ1v) is 3.01. The fourth-order valence-corrected chi connectivity index (χ4v) is 0.752. The van der Waals surface area contributed by atoms with E-state index in [4.69, 9.17) is 23.4 Å². The molecule has 0 bridgehead atoms. The van der Waals surface area contributed by atoms with E-state index in [1.807, 2.05) is 0 Å². The Morgan fingerprint density at radius 1 is 1.50 bits per heavy atom. The molecule has 1 rings (SSSR count). The summed E-state index contributed by atoms with van der Waals surface area (Å²) in [7, 11) is 0. The molecule has 1 aromatic heterocycles. The first kappa shape index (κ1) is 7.37. The van der Waals surface area contributed by atoms with Crippen LogP contribution in [-0.2, 0) is 0 Å². The number of aromatic amines is 1. The third kappa shape index (κ3) is 1.08. The normalized spacial score (nSPS) is 9.80. The molecule has 0 aromatic carbocycles. The number of halogens is 2. The molecule has 0 aliphatic heterocycles. The van der Waals surface area contributed by atoms with E-state index in [1.54, 1.807) is 0 Å². The molecule has 0 unspecified atom stereocenters. The number of hydrogen-bond donors (Lipinski definition) is 1. The Labute approximate surface area is 65.1 Å². The highest BCUT2D eigenvalue weighted by molar-refractivity contribution is 6.30. The van der Waals surface area contributed by atoms with Crippen molar-refractivity contribution in [3.63, 3.8) is 0 Å². The Kier molecular flexibility index (Phi) is 1.82. The Morgan fingerprint density at radius 3 is 2.60 bits per heavy atom. The highest BCUT2D eigenvalue weighted by Crippen LogP contribution is 1.93. The molecule has 4 nitrogen and oxygen atoms in total. The van der Waals surface area contributed by atoms with Gasteiger partial charge in [0.05, 0.1) is 0 Å². The van der Waals surface area contributed by atoms with Crippen molar-refractivity contribution in [2.24, 2.45) is 0 Å². The van der Waals surface area contributed by atoms with Gasteiger partial charge < -0.3 is 4.98 Å². The number of nitrogens with one attached hydrogen (secondary N) is 1. The van der Waals surface area contributed by atoms with Gasteiger partial charge in [-0.25, -0.2) is 4.79 Å². The average Bonchev–Trinajstić information content (AvgIpc) is 1.93. The lowest BCUT2D eigenvalue weighted by atomic mass is 10.7. The maximum absolute atomic E-state index is 10.7. The summed E-state index contributed by atoms with van der Waals surface area (Å²) < 4.78 is 0.377. The van der Waals surface area contributed by atoms with Crippen molar-refractivity contribution >= 4 is 23.4 Å². The summed E-state index contributed by atoms with van der Waals surface area (Å²) in [5.41, 5.74) is -1.41. The molecule has 1 aromatic rings. The molecule has 0 radical (unpaired) electrons. The van der Waals surface area contributed by atoms with Crippen LogP contribution in [-0.4, -0.2) is 9.07 Å². The molecule has 0 spiro atoms. The van der Waals surface area contributed by atoms with Crippen LogP contribution in [0.4, 0.5) is 0 Å². The molecule has 0 aliphatic rings. The zero-order chi connectivity index (χ0) is 7.72. The number of nitrogens with zero attached hydrogens (tertiary/aromatic N) is 1. The molecule has 0 amide bonds. The fraction of sp³-hybridized carbons (Fsp3) is 0. The monoisotopic (exact) mass is 180 g/mol. The minimum atomic E-state index is -0.716. The second-order valence-corrected chi connectivity index (χ2v) is 2.27. The number of hydrogen-bond acceptors (Lipinski definition) is 2. The van der Waals surface area contributed by atoms with E-state index in [-0.39, 0.29) is 5.02 Å². The standard InChI is InChI=1S/C4H2Cl2N2O2/c5-2-1-7-4(10)8(6)3(2)9/h1H,(H,7,10). The van der Waals surface area contributed by atoms with Gasteiger partial charge >= 0.3 is 5.69 Å². The molecular weight excluding hydrogens is 179 g/mol. The summed E-state index contributed by atoms with van der Waals surface area (Å²) in [5.74, 6) is 0. The van der Waals surface area contributed by atoms with Gasteiger partial charge in [-0.1, -0.05) is 11.6 Å². The summed E-state index contributed by atoms with van der Waals surface area (Å²) in [6.45, 7) is 0.